The largest absolute Gasteiger partial charge is 0.396 e. The second kappa shape index (κ2) is 11.2. The number of rotatable bonds is 11. The number of hydrogen-bond donors (Lipinski definition) is 5. The Morgan fingerprint density at radius 1 is 1.21 bits per heavy atom. The Labute approximate surface area is 173 Å². The molecule has 0 amide bonds. The van der Waals surface area contributed by atoms with Crippen LogP contribution in [0.5, 0.6) is 0 Å². The van der Waals surface area contributed by atoms with Gasteiger partial charge in [-0.05, 0) is 37.0 Å². The van der Waals surface area contributed by atoms with E-state index in [1.165, 1.54) is 0 Å². The highest BCUT2D eigenvalue weighted by Gasteiger charge is 2.11. The highest BCUT2D eigenvalue weighted by atomic mass is 35.5. The van der Waals surface area contributed by atoms with Gasteiger partial charge in [0, 0.05) is 37.5 Å². The number of H-pyrrole nitrogens is 1. The van der Waals surface area contributed by atoms with Gasteiger partial charge in [-0.1, -0.05) is 35.7 Å². The highest BCUT2D eigenvalue weighted by Crippen LogP contribution is 2.22. The fourth-order valence-corrected chi connectivity index (χ4v) is 3.09. The van der Waals surface area contributed by atoms with Gasteiger partial charge in [-0.25, -0.2) is 4.98 Å². The smallest absolute Gasteiger partial charge is 0.256 e. The Morgan fingerprint density at radius 2 is 1.96 bits per heavy atom. The average Bonchev–Trinajstić information content (AvgIpc) is 2.69. The monoisotopic (exact) mass is 426 g/mol. The van der Waals surface area contributed by atoms with Crippen molar-refractivity contribution in [2.24, 2.45) is 5.92 Å². The predicted molar refractivity (Wildman–Crippen MR) is 112 cm³/mol. The standard InChI is InChI=1S/C19H24Cl2N4O3/c20-15-6-5-12(7-16(15)21)9-23-19-24-17(8-22)14(18(28)25-19)4-2-1-3-13(10-26)11-27/h5-8,13,22,26-27H,1-4,9-11H2,(H2,23,24,25,28). The number of nitrogens with one attached hydrogen (secondary N) is 3. The van der Waals surface area contributed by atoms with Gasteiger partial charge in [0.25, 0.3) is 5.56 Å². The van der Waals surface area contributed by atoms with Gasteiger partial charge in [-0.3, -0.25) is 9.78 Å². The topological polar surface area (TPSA) is 122 Å². The third-order valence-corrected chi connectivity index (χ3v) is 5.17. The summed E-state index contributed by atoms with van der Waals surface area (Å²) in [5.41, 5.74) is 1.37. The third-order valence-electron chi connectivity index (χ3n) is 4.43. The minimum atomic E-state index is -0.286. The second-order valence-corrected chi connectivity index (χ2v) is 7.32. The third kappa shape index (κ3) is 6.31. The van der Waals surface area contributed by atoms with Crippen molar-refractivity contribution in [3.05, 3.63) is 55.4 Å². The first kappa shape index (κ1) is 22.4. The molecule has 0 bridgehead atoms. The van der Waals surface area contributed by atoms with E-state index in [2.05, 4.69) is 15.3 Å². The van der Waals surface area contributed by atoms with Crippen LogP contribution in [0.3, 0.4) is 0 Å². The molecule has 0 spiro atoms. The fraction of sp³-hybridized carbons (Fsp3) is 0.421. The number of aromatic nitrogens is 2. The number of aromatic amines is 1. The maximum Gasteiger partial charge on any atom is 0.256 e. The Kier molecular flexibility index (Phi) is 8.92. The summed E-state index contributed by atoms with van der Waals surface area (Å²) in [6.07, 6.45) is 3.70. The van der Waals surface area contributed by atoms with Gasteiger partial charge in [-0.15, -0.1) is 0 Å². The molecular formula is C19H24Cl2N4O3. The molecule has 0 aliphatic carbocycles. The number of hydrogen-bond acceptors (Lipinski definition) is 6. The molecule has 5 N–H and O–H groups in total. The van der Waals surface area contributed by atoms with Gasteiger partial charge >= 0.3 is 0 Å². The van der Waals surface area contributed by atoms with E-state index < -0.39 is 0 Å². The molecule has 0 aliphatic heterocycles. The zero-order chi connectivity index (χ0) is 20.5. The lowest BCUT2D eigenvalue weighted by molar-refractivity contribution is 0.142. The van der Waals surface area contributed by atoms with Crippen LogP contribution in [0.15, 0.2) is 23.0 Å². The van der Waals surface area contributed by atoms with E-state index >= 15 is 0 Å². The van der Waals surface area contributed by atoms with Gasteiger partial charge in [0.15, 0.2) is 0 Å². The van der Waals surface area contributed by atoms with Crippen molar-refractivity contribution in [3.8, 4) is 0 Å². The molecule has 1 heterocycles. The van der Waals surface area contributed by atoms with Crippen molar-refractivity contribution in [2.45, 2.75) is 32.2 Å². The van der Waals surface area contributed by atoms with Crippen LogP contribution < -0.4 is 10.9 Å². The molecule has 9 heteroatoms. The first-order chi connectivity index (χ1) is 13.5. The number of aliphatic hydroxyl groups excluding tert-OH is 2. The second-order valence-electron chi connectivity index (χ2n) is 6.50. The van der Waals surface area contributed by atoms with Crippen molar-refractivity contribution < 1.29 is 10.2 Å². The first-order valence-corrected chi connectivity index (χ1v) is 9.77. The van der Waals surface area contributed by atoms with Crippen LogP contribution in [0.1, 0.15) is 36.1 Å². The number of nitrogens with zero attached hydrogens (tertiary/aromatic N) is 1. The van der Waals surface area contributed by atoms with Crippen LogP contribution >= 0.6 is 23.2 Å². The molecule has 1 aromatic carbocycles. The quantitative estimate of drug-likeness (QED) is 0.279. The van der Waals surface area contributed by atoms with Crippen molar-refractivity contribution in [3.63, 3.8) is 0 Å². The molecule has 28 heavy (non-hydrogen) atoms. The lowest BCUT2D eigenvalue weighted by Crippen LogP contribution is -2.20. The predicted octanol–water partition coefficient (Wildman–Crippen LogP) is 3.00. The van der Waals surface area contributed by atoms with Crippen LogP contribution in [-0.2, 0) is 13.0 Å². The summed E-state index contributed by atoms with van der Waals surface area (Å²) < 4.78 is 0. The number of anilines is 1. The summed E-state index contributed by atoms with van der Waals surface area (Å²) >= 11 is 11.9. The lowest BCUT2D eigenvalue weighted by Gasteiger charge is -2.11. The number of benzene rings is 1. The summed E-state index contributed by atoms with van der Waals surface area (Å²) in [4.78, 5) is 19.4. The van der Waals surface area contributed by atoms with Crippen molar-refractivity contribution in [1.29, 1.82) is 5.41 Å². The normalized spacial score (nSPS) is 11.0. The number of unbranched alkanes of at least 4 members (excludes halogenated alkanes) is 1. The molecule has 0 aliphatic rings. The van der Waals surface area contributed by atoms with Gasteiger partial charge < -0.3 is 20.9 Å². The molecule has 2 rings (SSSR count). The van der Waals surface area contributed by atoms with Crippen LogP contribution in [0, 0.1) is 11.3 Å². The van der Waals surface area contributed by atoms with Crippen LogP contribution in [0.25, 0.3) is 0 Å². The molecule has 0 unspecified atom stereocenters. The number of halogens is 2. The molecule has 0 saturated carbocycles. The minimum Gasteiger partial charge on any atom is -0.396 e. The maximum atomic E-state index is 12.4. The Balaban J connectivity index is 2.00. The van der Waals surface area contributed by atoms with Crippen molar-refractivity contribution in [1.82, 2.24) is 9.97 Å². The summed E-state index contributed by atoms with van der Waals surface area (Å²) in [6, 6.07) is 5.24. The summed E-state index contributed by atoms with van der Waals surface area (Å²) in [5, 5.41) is 29.7. The fourth-order valence-electron chi connectivity index (χ4n) is 2.77. The van der Waals surface area contributed by atoms with E-state index in [0.29, 0.717) is 47.1 Å². The van der Waals surface area contributed by atoms with Crippen LogP contribution in [0.2, 0.25) is 10.0 Å². The molecule has 7 nitrogen and oxygen atoms in total. The SMILES string of the molecule is N=Cc1nc(NCc2ccc(Cl)c(Cl)c2)[nH]c(=O)c1CCCCC(CO)CO. The highest BCUT2D eigenvalue weighted by molar-refractivity contribution is 6.42. The van der Waals surface area contributed by atoms with Gasteiger partial charge in [-0.2, -0.15) is 0 Å². The van der Waals surface area contributed by atoms with E-state index in [0.717, 1.165) is 18.2 Å². The Bertz CT molecular complexity index is 854. The summed E-state index contributed by atoms with van der Waals surface area (Å²) in [5.74, 6) is 0.144. The van der Waals surface area contributed by atoms with E-state index in [-0.39, 0.29) is 30.6 Å². The Hall–Kier alpha value is -1.93. The van der Waals surface area contributed by atoms with E-state index in [4.69, 9.17) is 38.8 Å². The van der Waals surface area contributed by atoms with Crippen molar-refractivity contribution in [2.75, 3.05) is 18.5 Å². The Morgan fingerprint density at radius 3 is 2.61 bits per heavy atom. The van der Waals surface area contributed by atoms with E-state index in [1.807, 2.05) is 6.07 Å². The minimum absolute atomic E-state index is 0.0520. The van der Waals surface area contributed by atoms with Gasteiger partial charge in [0.1, 0.15) is 0 Å². The summed E-state index contributed by atoms with van der Waals surface area (Å²) in [6.45, 7) is 0.285. The van der Waals surface area contributed by atoms with E-state index in [1.54, 1.807) is 12.1 Å². The zero-order valence-corrected chi connectivity index (χ0v) is 16.9. The van der Waals surface area contributed by atoms with Crippen LogP contribution in [0.4, 0.5) is 5.95 Å². The molecule has 0 fully saturated rings. The molecule has 2 aromatic rings. The molecule has 1 aromatic heterocycles. The average molecular weight is 427 g/mol. The molecular weight excluding hydrogens is 403 g/mol. The molecule has 0 saturated heterocycles. The number of aliphatic hydroxyl groups is 2. The zero-order valence-electron chi connectivity index (χ0n) is 15.3. The van der Waals surface area contributed by atoms with Gasteiger partial charge in [0.2, 0.25) is 5.95 Å². The van der Waals surface area contributed by atoms with Gasteiger partial charge in [0.05, 0.1) is 15.7 Å². The first-order valence-electron chi connectivity index (χ1n) is 9.01. The molecule has 0 radical (unpaired) electrons. The lowest BCUT2D eigenvalue weighted by atomic mass is 10.0. The van der Waals surface area contributed by atoms with E-state index in [9.17, 15) is 4.79 Å². The summed E-state index contributed by atoms with van der Waals surface area (Å²) in [7, 11) is 0. The maximum absolute atomic E-state index is 12.4. The molecule has 0 atom stereocenters. The molecule has 152 valence electrons. The van der Waals surface area contributed by atoms with Crippen LogP contribution in [-0.4, -0.2) is 39.6 Å². The van der Waals surface area contributed by atoms with Crippen molar-refractivity contribution >= 4 is 35.4 Å².